The Balaban J connectivity index is 1.46. The highest BCUT2D eigenvalue weighted by Gasteiger charge is 2.68. The molecule has 0 aromatic heterocycles. The normalized spacial score (nSPS) is 23.5. The molecule has 1 atom stereocenters. The molecule has 2 aromatic carbocycles. The first-order valence-electron chi connectivity index (χ1n) is 11.1. The fraction of sp³-hybridized carbons (Fsp3) is 0.391. The van der Waals surface area contributed by atoms with Gasteiger partial charge in [-0.05, 0) is 40.5 Å². The summed E-state index contributed by atoms with van der Waals surface area (Å²) in [7, 11) is -5.31. The third-order valence-electron chi connectivity index (χ3n) is 7.03. The van der Waals surface area contributed by atoms with E-state index >= 15 is 0 Å². The number of hydrogen-bond donors (Lipinski definition) is 0. The van der Waals surface area contributed by atoms with Gasteiger partial charge in [-0.3, -0.25) is 4.79 Å². The Hall–Kier alpha value is -2.42. The van der Waals surface area contributed by atoms with Crippen molar-refractivity contribution in [1.29, 1.82) is 0 Å². The van der Waals surface area contributed by atoms with Crippen molar-refractivity contribution >= 4 is 44.8 Å². The molecule has 3 aliphatic heterocycles. The lowest BCUT2D eigenvalue weighted by atomic mass is 9.83. The van der Waals surface area contributed by atoms with Gasteiger partial charge in [-0.2, -0.15) is 30.7 Å². The van der Waals surface area contributed by atoms with Gasteiger partial charge in [0.15, 0.2) is 5.82 Å². The summed E-state index contributed by atoms with van der Waals surface area (Å²) < 4.78 is 127. The maximum Gasteiger partial charge on any atom is 0.414 e. The average molecular weight is 619 g/mol. The van der Waals surface area contributed by atoms with Gasteiger partial charge >= 0.3 is 12.4 Å². The van der Waals surface area contributed by atoms with E-state index in [2.05, 4.69) is 4.40 Å². The highest BCUT2D eigenvalue weighted by molar-refractivity contribution is 7.91. The Labute approximate surface area is 226 Å². The molecule has 39 heavy (non-hydrogen) atoms. The Morgan fingerprint density at radius 1 is 1.05 bits per heavy atom. The molecular formula is C23H15Cl2F7N2O4S. The molecule has 1 spiro atoms. The number of hydrogen-bond acceptors (Lipinski definition) is 4. The van der Waals surface area contributed by atoms with E-state index in [4.69, 9.17) is 27.9 Å². The lowest BCUT2D eigenvalue weighted by molar-refractivity contribution is -0.185. The van der Waals surface area contributed by atoms with Crippen LogP contribution < -0.4 is 0 Å². The van der Waals surface area contributed by atoms with Gasteiger partial charge in [0, 0.05) is 6.42 Å². The van der Waals surface area contributed by atoms with Gasteiger partial charge in [-0.15, -0.1) is 0 Å². The molecule has 1 saturated heterocycles. The fourth-order valence-electron chi connectivity index (χ4n) is 5.11. The van der Waals surface area contributed by atoms with Gasteiger partial charge < -0.3 is 9.64 Å². The first-order chi connectivity index (χ1) is 17.9. The molecular weight excluding hydrogens is 604 g/mol. The maximum absolute atomic E-state index is 14.5. The van der Waals surface area contributed by atoms with E-state index in [-0.39, 0.29) is 25.3 Å². The molecule has 1 unspecified atom stereocenters. The standard InChI is InChI=1S/C23H15Cl2F7N2O4S/c24-15-4-13(5-16(25)19(15)26)21(23(30,31)32)6-17(33-39(21,36)37)11-1-2-14-12(3-11)8-38-20(14)9-34(10-20)18(35)7-22(27,28)29/h1-5H,6-10H2. The summed E-state index contributed by atoms with van der Waals surface area (Å²) in [4.78, 5) is 12.8. The zero-order valence-corrected chi connectivity index (χ0v) is 21.6. The maximum atomic E-state index is 14.5. The molecule has 0 saturated carbocycles. The molecule has 0 bridgehead atoms. The van der Waals surface area contributed by atoms with E-state index in [0.29, 0.717) is 23.3 Å². The Morgan fingerprint density at radius 3 is 2.23 bits per heavy atom. The molecule has 16 heteroatoms. The van der Waals surface area contributed by atoms with Crippen LogP contribution in [0.3, 0.4) is 0 Å². The van der Waals surface area contributed by atoms with Crippen molar-refractivity contribution in [3.63, 3.8) is 0 Å². The van der Waals surface area contributed by atoms with E-state index in [1.165, 1.54) is 18.2 Å². The minimum Gasteiger partial charge on any atom is -0.362 e. The monoisotopic (exact) mass is 618 g/mol. The summed E-state index contributed by atoms with van der Waals surface area (Å²) in [6.07, 6.45) is -12.8. The molecule has 0 aliphatic carbocycles. The smallest absolute Gasteiger partial charge is 0.362 e. The molecule has 6 nitrogen and oxygen atoms in total. The van der Waals surface area contributed by atoms with Gasteiger partial charge in [-0.1, -0.05) is 35.3 Å². The molecule has 1 fully saturated rings. The van der Waals surface area contributed by atoms with E-state index in [0.717, 1.165) is 4.90 Å². The minimum atomic E-state index is -5.40. The van der Waals surface area contributed by atoms with Gasteiger partial charge in [-0.25, -0.2) is 12.8 Å². The van der Waals surface area contributed by atoms with E-state index in [1.807, 2.05) is 0 Å². The predicted molar refractivity (Wildman–Crippen MR) is 124 cm³/mol. The van der Waals surface area contributed by atoms with Crippen molar-refractivity contribution in [2.75, 3.05) is 13.1 Å². The third-order valence-corrected chi connectivity index (χ3v) is 9.53. The van der Waals surface area contributed by atoms with Crippen LogP contribution in [0.4, 0.5) is 30.7 Å². The molecule has 2 aromatic rings. The quantitative estimate of drug-likeness (QED) is 0.330. The number of alkyl halides is 6. The summed E-state index contributed by atoms with van der Waals surface area (Å²) in [6, 6.07) is 5.26. The molecule has 5 rings (SSSR count). The number of halogens is 9. The van der Waals surface area contributed by atoms with Gasteiger partial charge in [0.05, 0.1) is 35.5 Å². The van der Waals surface area contributed by atoms with Gasteiger partial charge in [0.2, 0.25) is 10.7 Å². The molecule has 3 heterocycles. The summed E-state index contributed by atoms with van der Waals surface area (Å²) in [6.45, 7) is -0.363. The van der Waals surface area contributed by atoms with Crippen molar-refractivity contribution in [3.8, 4) is 0 Å². The van der Waals surface area contributed by atoms with Crippen molar-refractivity contribution in [3.05, 3.63) is 68.4 Å². The topological polar surface area (TPSA) is 76.0 Å². The van der Waals surface area contributed by atoms with Crippen LogP contribution in [-0.2, 0) is 36.5 Å². The molecule has 1 amide bonds. The molecule has 3 aliphatic rings. The second-order valence-corrected chi connectivity index (χ2v) is 12.1. The van der Waals surface area contributed by atoms with Crippen molar-refractivity contribution in [2.45, 2.75) is 42.1 Å². The Bertz CT molecular complexity index is 1510. The Morgan fingerprint density at radius 2 is 1.67 bits per heavy atom. The van der Waals surface area contributed by atoms with E-state index in [9.17, 15) is 43.9 Å². The van der Waals surface area contributed by atoms with Crippen LogP contribution >= 0.6 is 23.2 Å². The minimum absolute atomic E-state index is 0.0349. The SMILES string of the molecule is O=C(CC(F)(F)F)N1CC2(C1)OCc1cc(C3=NS(=O)(=O)C(c4cc(Cl)c(F)c(Cl)c4)(C(F)(F)F)C3)ccc12. The highest BCUT2D eigenvalue weighted by atomic mass is 35.5. The Kier molecular flexibility index (Phi) is 6.34. The number of fused-ring (bicyclic) bond motifs is 2. The second kappa shape index (κ2) is 8.79. The predicted octanol–water partition coefficient (Wildman–Crippen LogP) is 5.63. The summed E-state index contributed by atoms with van der Waals surface area (Å²) >= 11 is 11.3. The first kappa shape index (κ1) is 28.1. The number of ether oxygens (including phenoxy) is 1. The van der Waals surface area contributed by atoms with Crippen LogP contribution in [0.5, 0.6) is 0 Å². The van der Waals surface area contributed by atoms with Crippen molar-refractivity contribution < 1.29 is 48.7 Å². The summed E-state index contributed by atoms with van der Waals surface area (Å²) in [5.74, 6) is -2.32. The van der Waals surface area contributed by atoms with E-state index < -0.39 is 78.6 Å². The van der Waals surface area contributed by atoms with Crippen LogP contribution in [0.15, 0.2) is 34.7 Å². The zero-order valence-electron chi connectivity index (χ0n) is 19.3. The lowest BCUT2D eigenvalue weighted by Crippen LogP contribution is -2.61. The second-order valence-electron chi connectivity index (χ2n) is 9.47. The van der Waals surface area contributed by atoms with Crippen LogP contribution in [0.1, 0.15) is 35.1 Å². The van der Waals surface area contributed by atoms with Crippen LogP contribution in [0, 0.1) is 5.82 Å². The lowest BCUT2D eigenvalue weighted by Gasteiger charge is -2.47. The number of carbonyl (C=O) groups excluding carboxylic acids is 1. The van der Waals surface area contributed by atoms with Crippen molar-refractivity contribution in [1.82, 2.24) is 4.90 Å². The average Bonchev–Trinajstić information content (AvgIpc) is 3.29. The van der Waals surface area contributed by atoms with Gasteiger partial charge in [0.25, 0.3) is 10.0 Å². The molecule has 0 radical (unpaired) electrons. The number of sulfonamides is 1. The third kappa shape index (κ3) is 4.39. The molecule has 0 N–H and O–H groups in total. The van der Waals surface area contributed by atoms with Crippen LogP contribution in [-0.4, -0.2) is 50.4 Å². The van der Waals surface area contributed by atoms with Gasteiger partial charge in [0.1, 0.15) is 12.0 Å². The fourth-order valence-corrected chi connectivity index (χ4v) is 7.24. The van der Waals surface area contributed by atoms with E-state index in [1.54, 1.807) is 0 Å². The number of carbonyl (C=O) groups is 1. The summed E-state index contributed by atoms with van der Waals surface area (Å²) in [5.41, 5.74) is -1.39. The first-order valence-corrected chi connectivity index (χ1v) is 13.3. The number of likely N-dealkylation sites (tertiary alicyclic amines) is 1. The molecule has 210 valence electrons. The van der Waals surface area contributed by atoms with Crippen molar-refractivity contribution in [2.24, 2.45) is 4.40 Å². The zero-order chi connectivity index (χ0) is 28.8. The van der Waals surface area contributed by atoms with Crippen LogP contribution in [0.25, 0.3) is 0 Å². The number of nitrogens with zero attached hydrogens (tertiary/aromatic N) is 2. The van der Waals surface area contributed by atoms with Crippen LogP contribution in [0.2, 0.25) is 10.0 Å². The largest absolute Gasteiger partial charge is 0.414 e. The highest BCUT2D eigenvalue weighted by Crippen LogP contribution is 2.54. The number of amides is 1. The number of benzene rings is 2. The number of rotatable bonds is 3. The summed E-state index contributed by atoms with van der Waals surface area (Å²) in [5, 5.41) is -1.60.